The molecule has 1 N–H and O–H groups in total. The first-order valence-corrected chi connectivity index (χ1v) is 7.27. The van der Waals surface area contributed by atoms with Crippen molar-refractivity contribution in [1.82, 2.24) is 24.7 Å². The van der Waals surface area contributed by atoms with Gasteiger partial charge in [0.15, 0.2) is 0 Å². The van der Waals surface area contributed by atoms with Crippen LogP contribution in [0, 0.1) is 11.8 Å². The Balaban J connectivity index is 1.60. The lowest BCUT2D eigenvalue weighted by atomic mass is 10.0. The summed E-state index contributed by atoms with van der Waals surface area (Å²) >= 11 is 0. The first-order valence-electron chi connectivity index (χ1n) is 7.27. The van der Waals surface area contributed by atoms with Gasteiger partial charge < -0.3 is 19.7 Å². The van der Waals surface area contributed by atoms with Crippen LogP contribution in [0.15, 0.2) is 12.5 Å². The number of imidazole rings is 1. The van der Waals surface area contributed by atoms with Crippen LogP contribution in [-0.2, 0) is 4.79 Å². The van der Waals surface area contributed by atoms with Gasteiger partial charge in [-0.2, -0.15) is 0 Å². The highest BCUT2D eigenvalue weighted by Crippen LogP contribution is 2.32. The zero-order valence-electron chi connectivity index (χ0n) is 12.5. The third-order valence-electron chi connectivity index (χ3n) is 4.36. The van der Waals surface area contributed by atoms with Crippen LogP contribution in [0.2, 0.25) is 0 Å². The summed E-state index contributed by atoms with van der Waals surface area (Å²) in [6, 6.07) is 0. The van der Waals surface area contributed by atoms with Crippen LogP contribution in [0.3, 0.4) is 0 Å². The van der Waals surface area contributed by atoms with Crippen molar-refractivity contribution < 1.29 is 9.59 Å². The summed E-state index contributed by atoms with van der Waals surface area (Å²) in [5.41, 5.74) is 0.492. The number of hydrogen-bond acceptors (Lipinski definition) is 4. The molecule has 0 aromatic carbocycles. The maximum absolute atomic E-state index is 12.4. The number of nitrogens with zero attached hydrogens (tertiary/aromatic N) is 4. The highest BCUT2D eigenvalue weighted by atomic mass is 16.2. The molecule has 0 saturated carbocycles. The molecular weight excluding hydrogens is 270 g/mol. The van der Waals surface area contributed by atoms with E-state index in [2.05, 4.69) is 14.9 Å². The third kappa shape index (κ3) is 2.65. The highest BCUT2D eigenvalue weighted by molar-refractivity contribution is 5.93. The fraction of sp³-hybridized carbons (Fsp3) is 0.643. The van der Waals surface area contributed by atoms with E-state index in [-0.39, 0.29) is 23.7 Å². The summed E-state index contributed by atoms with van der Waals surface area (Å²) in [6.07, 6.45) is 3.03. The molecule has 7 heteroatoms. The van der Waals surface area contributed by atoms with Crippen molar-refractivity contribution >= 4 is 11.8 Å². The minimum atomic E-state index is -0.0606. The van der Waals surface area contributed by atoms with Crippen molar-refractivity contribution in [2.75, 3.05) is 46.8 Å². The summed E-state index contributed by atoms with van der Waals surface area (Å²) in [5.74, 6) is 0.377. The molecule has 0 aliphatic carbocycles. The van der Waals surface area contributed by atoms with E-state index in [1.807, 2.05) is 19.0 Å². The van der Waals surface area contributed by atoms with E-state index < -0.39 is 0 Å². The van der Waals surface area contributed by atoms with E-state index >= 15 is 0 Å². The molecule has 2 amide bonds. The van der Waals surface area contributed by atoms with Crippen molar-refractivity contribution in [3.63, 3.8) is 0 Å². The number of amides is 2. The van der Waals surface area contributed by atoms with E-state index in [1.54, 1.807) is 4.90 Å². The highest BCUT2D eigenvalue weighted by Gasteiger charge is 2.47. The third-order valence-corrected chi connectivity index (χ3v) is 4.36. The second-order valence-corrected chi connectivity index (χ2v) is 6.13. The Morgan fingerprint density at radius 1 is 1.43 bits per heavy atom. The normalized spacial score (nSPS) is 25.0. The van der Waals surface area contributed by atoms with E-state index in [1.165, 1.54) is 12.5 Å². The van der Waals surface area contributed by atoms with Gasteiger partial charge >= 0.3 is 0 Å². The van der Waals surface area contributed by atoms with Crippen molar-refractivity contribution in [2.24, 2.45) is 11.8 Å². The molecule has 3 rings (SSSR count). The van der Waals surface area contributed by atoms with Gasteiger partial charge in [0.05, 0.1) is 18.4 Å². The second kappa shape index (κ2) is 5.48. The maximum Gasteiger partial charge on any atom is 0.271 e. The number of rotatable bonds is 4. The predicted octanol–water partition coefficient (Wildman–Crippen LogP) is -0.498. The van der Waals surface area contributed by atoms with E-state index in [0.29, 0.717) is 18.8 Å². The van der Waals surface area contributed by atoms with Crippen LogP contribution in [0.5, 0.6) is 0 Å². The minimum Gasteiger partial charge on any atom is -0.341 e. The summed E-state index contributed by atoms with van der Waals surface area (Å²) in [5, 5.41) is 0. The van der Waals surface area contributed by atoms with Crippen LogP contribution < -0.4 is 0 Å². The van der Waals surface area contributed by atoms with Gasteiger partial charge in [-0.1, -0.05) is 0 Å². The summed E-state index contributed by atoms with van der Waals surface area (Å²) in [7, 11) is 4.01. The number of fused-ring (bicyclic) bond motifs is 1. The van der Waals surface area contributed by atoms with Gasteiger partial charge in [0.1, 0.15) is 5.69 Å². The SMILES string of the molecule is CN(C)CCN1C[C@@H]2CN(C(=O)c3cnc[nH]3)C[C@@H]2C1=O. The average Bonchev–Trinajstić information content (AvgIpc) is 3.14. The average molecular weight is 291 g/mol. The molecule has 7 nitrogen and oxygen atoms in total. The maximum atomic E-state index is 12.4. The van der Waals surface area contributed by atoms with Gasteiger partial charge in [-0.05, 0) is 14.1 Å². The molecule has 2 aliphatic rings. The van der Waals surface area contributed by atoms with Crippen LogP contribution in [0.4, 0.5) is 0 Å². The van der Waals surface area contributed by atoms with Gasteiger partial charge in [0.2, 0.25) is 5.91 Å². The Morgan fingerprint density at radius 3 is 2.86 bits per heavy atom. The van der Waals surface area contributed by atoms with Crippen LogP contribution in [0.25, 0.3) is 0 Å². The summed E-state index contributed by atoms with van der Waals surface area (Å²) in [4.78, 5) is 37.2. The number of likely N-dealkylation sites (tertiary alicyclic amines) is 2. The second-order valence-electron chi connectivity index (χ2n) is 6.13. The number of likely N-dealkylation sites (N-methyl/N-ethyl adjacent to an activating group) is 1. The number of aromatic amines is 1. The standard InChI is InChI=1S/C14H21N5O2/c1-17(2)3-4-18-6-10-7-19(8-11(10)13(18)20)14(21)12-5-15-9-16-12/h5,9-11H,3-4,6-8H2,1-2H3,(H,15,16)/t10-,11+/m1/s1. The van der Waals surface area contributed by atoms with Crippen molar-refractivity contribution in [3.8, 4) is 0 Å². The molecule has 0 radical (unpaired) electrons. The van der Waals surface area contributed by atoms with Gasteiger partial charge in [-0.15, -0.1) is 0 Å². The number of nitrogens with one attached hydrogen (secondary N) is 1. The Labute approximate surface area is 123 Å². The molecule has 1 aromatic rings. The van der Waals surface area contributed by atoms with E-state index in [0.717, 1.165) is 19.6 Å². The molecule has 0 bridgehead atoms. The topological polar surface area (TPSA) is 72.5 Å². The first-order chi connectivity index (χ1) is 10.1. The zero-order chi connectivity index (χ0) is 15.0. The van der Waals surface area contributed by atoms with Gasteiger partial charge in [-0.25, -0.2) is 4.98 Å². The molecule has 1 aromatic heterocycles. The quantitative estimate of drug-likeness (QED) is 0.812. The molecule has 0 spiro atoms. The molecular formula is C14H21N5O2. The number of aromatic nitrogens is 2. The Hall–Kier alpha value is -1.89. The van der Waals surface area contributed by atoms with Gasteiger partial charge in [-0.3, -0.25) is 9.59 Å². The summed E-state index contributed by atoms with van der Waals surface area (Å²) < 4.78 is 0. The molecule has 0 unspecified atom stereocenters. The van der Waals surface area contributed by atoms with Crippen molar-refractivity contribution in [3.05, 3.63) is 18.2 Å². The summed E-state index contributed by atoms with van der Waals surface area (Å²) in [6.45, 7) is 3.60. The number of hydrogen-bond donors (Lipinski definition) is 1. The lowest BCUT2D eigenvalue weighted by molar-refractivity contribution is -0.131. The van der Waals surface area contributed by atoms with Crippen molar-refractivity contribution in [1.29, 1.82) is 0 Å². The lowest BCUT2D eigenvalue weighted by Gasteiger charge is -2.22. The van der Waals surface area contributed by atoms with E-state index in [4.69, 9.17) is 0 Å². The largest absolute Gasteiger partial charge is 0.341 e. The smallest absolute Gasteiger partial charge is 0.271 e. The first kappa shape index (κ1) is 14.1. The van der Waals surface area contributed by atoms with Crippen LogP contribution >= 0.6 is 0 Å². The molecule has 2 atom stereocenters. The van der Waals surface area contributed by atoms with Crippen LogP contribution in [-0.4, -0.2) is 83.3 Å². The van der Waals surface area contributed by atoms with Gasteiger partial charge in [0, 0.05) is 38.6 Å². The zero-order valence-corrected chi connectivity index (χ0v) is 12.5. The molecule has 2 aliphatic heterocycles. The molecule has 21 heavy (non-hydrogen) atoms. The molecule has 114 valence electrons. The molecule has 2 fully saturated rings. The monoisotopic (exact) mass is 291 g/mol. The minimum absolute atomic E-state index is 0.0287. The fourth-order valence-corrected chi connectivity index (χ4v) is 3.17. The van der Waals surface area contributed by atoms with E-state index in [9.17, 15) is 9.59 Å². The Bertz CT molecular complexity index is 527. The number of carbonyl (C=O) groups excluding carboxylic acids is 2. The van der Waals surface area contributed by atoms with Gasteiger partial charge in [0.25, 0.3) is 5.91 Å². The Kier molecular flexibility index (Phi) is 3.67. The molecule has 3 heterocycles. The Morgan fingerprint density at radius 2 is 2.24 bits per heavy atom. The lowest BCUT2D eigenvalue weighted by Crippen LogP contribution is -2.38. The molecule has 2 saturated heterocycles. The van der Waals surface area contributed by atoms with Crippen LogP contribution in [0.1, 0.15) is 10.5 Å². The fourth-order valence-electron chi connectivity index (χ4n) is 3.17. The number of carbonyl (C=O) groups is 2. The predicted molar refractivity (Wildman–Crippen MR) is 76.6 cm³/mol. The number of H-pyrrole nitrogens is 1. The van der Waals surface area contributed by atoms with Crippen molar-refractivity contribution in [2.45, 2.75) is 0 Å².